The molecular weight excluding hydrogens is 284 g/mol. The summed E-state index contributed by atoms with van der Waals surface area (Å²) in [6.07, 6.45) is 2.45. The maximum atomic E-state index is 12.3. The molecule has 116 valence electrons. The first-order valence-electron chi connectivity index (χ1n) is 7.46. The van der Waals surface area contributed by atoms with Gasteiger partial charge in [-0.2, -0.15) is 0 Å². The average Bonchev–Trinajstić information content (AvgIpc) is 2.53. The Hall–Kier alpha value is -1.29. The second-order valence-corrected chi connectivity index (χ2v) is 6.22. The third-order valence-corrected chi connectivity index (χ3v) is 4.96. The van der Waals surface area contributed by atoms with Crippen molar-refractivity contribution in [2.24, 2.45) is 5.92 Å². The standard InChI is InChI=1S/C17H24O3S/c1-5-12(6-2)16(18)13-8-10-14(11-9-13)21-15(7-3)17(19)20-4/h8-12,15H,5-7H2,1-4H3. The minimum absolute atomic E-state index is 0.0990. The molecule has 0 bridgehead atoms. The number of rotatable bonds is 8. The largest absolute Gasteiger partial charge is 0.468 e. The molecule has 0 fully saturated rings. The van der Waals surface area contributed by atoms with Crippen molar-refractivity contribution in [2.75, 3.05) is 7.11 Å². The van der Waals surface area contributed by atoms with Gasteiger partial charge >= 0.3 is 5.97 Å². The molecule has 0 aromatic heterocycles. The highest BCUT2D eigenvalue weighted by Gasteiger charge is 2.19. The molecule has 0 aliphatic heterocycles. The molecule has 0 aliphatic rings. The van der Waals surface area contributed by atoms with E-state index >= 15 is 0 Å². The number of hydrogen-bond acceptors (Lipinski definition) is 4. The Balaban J connectivity index is 2.78. The lowest BCUT2D eigenvalue weighted by Crippen LogP contribution is -2.17. The number of esters is 1. The Morgan fingerprint density at radius 3 is 2.05 bits per heavy atom. The quantitative estimate of drug-likeness (QED) is 0.407. The average molecular weight is 308 g/mol. The molecule has 0 heterocycles. The van der Waals surface area contributed by atoms with Gasteiger partial charge in [0.05, 0.1) is 7.11 Å². The molecule has 0 saturated carbocycles. The molecule has 0 saturated heterocycles. The van der Waals surface area contributed by atoms with Crippen LogP contribution in [0.25, 0.3) is 0 Å². The number of Topliss-reactive ketones (excluding diaryl/α,β-unsaturated/α-hetero) is 1. The van der Waals surface area contributed by atoms with Gasteiger partial charge in [-0.1, -0.05) is 32.9 Å². The number of ketones is 1. The van der Waals surface area contributed by atoms with E-state index in [4.69, 9.17) is 4.74 Å². The summed E-state index contributed by atoms with van der Waals surface area (Å²) in [5.74, 6) is 0.0956. The predicted octanol–water partition coefficient (Wildman–Crippen LogP) is 4.35. The zero-order valence-electron chi connectivity index (χ0n) is 13.2. The van der Waals surface area contributed by atoms with Gasteiger partial charge < -0.3 is 4.74 Å². The van der Waals surface area contributed by atoms with Crippen molar-refractivity contribution in [1.29, 1.82) is 0 Å². The van der Waals surface area contributed by atoms with E-state index < -0.39 is 0 Å². The highest BCUT2D eigenvalue weighted by atomic mass is 32.2. The van der Waals surface area contributed by atoms with Crippen molar-refractivity contribution in [1.82, 2.24) is 0 Å². The summed E-state index contributed by atoms with van der Waals surface area (Å²) in [6, 6.07) is 7.53. The monoisotopic (exact) mass is 308 g/mol. The highest BCUT2D eigenvalue weighted by molar-refractivity contribution is 8.00. The Morgan fingerprint density at radius 1 is 1.05 bits per heavy atom. The first-order chi connectivity index (χ1) is 10.1. The summed E-state index contributed by atoms with van der Waals surface area (Å²) in [5.41, 5.74) is 0.749. The van der Waals surface area contributed by atoms with Gasteiger partial charge in [-0.15, -0.1) is 11.8 Å². The van der Waals surface area contributed by atoms with Crippen molar-refractivity contribution >= 4 is 23.5 Å². The maximum Gasteiger partial charge on any atom is 0.319 e. The van der Waals surface area contributed by atoms with E-state index in [-0.39, 0.29) is 22.9 Å². The molecule has 0 N–H and O–H groups in total. The minimum Gasteiger partial charge on any atom is -0.468 e. The van der Waals surface area contributed by atoms with Crippen molar-refractivity contribution < 1.29 is 14.3 Å². The lowest BCUT2D eigenvalue weighted by Gasteiger charge is -2.13. The molecule has 0 aliphatic carbocycles. The number of thioether (sulfide) groups is 1. The molecule has 1 rings (SSSR count). The molecule has 21 heavy (non-hydrogen) atoms. The highest BCUT2D eigenvalue weighted by Crippen LogP contribution is 2.27. The second kappa shape index (κ2) is 8.88. The first kappa shape index (κ1) is 17.8. The Bertz CT molecular complexity index is 463. The number of methoxy groups -OCH3 is 1. The topological polar surface area (TPSA) is 43.4 Å². The number of carbonyl (C=O) groups is 2. The summed E-state index contributed by atoms with van der Waals surface area (Å²) in [7, 11) is 1.41. The van der Waals surface area contributed by atoms with Crippen molar-refractivity contribution in [3.05, 3.63) is 29.8 Å². The molecule has 1 aromatic carbocycles. The summed E-state index contributed by atoms with van der Waals surface area (Å²) in [5, 5.41) is -0.199. The minimum atomic E-state index is -0.209. The van der Waals surface area contributed by atoms with Gasteiger partial charge in [-0.3, -0.25) is 9.59 Å². The zero-order chi connectivity index (χ0) is 15.8. The van der Waals surface area contributed by atoms with E-state index in [9.17, 15) is 9.59 Å². The molecular formula is C17H24O3S. The normalized spacial score (nSPS) is 12.2. The van der Waals surface area contributed by atoms with Gasteiger partial charge in [-0.25, -0.2) is 0 Å². The zero-order valence-corrected chi connectivity index (χ0v) is 14.0. The van der Waals surface area contributed by atoms with Crippen LogP contribution in [0.1, 0.15) is 50.4 Å². The summed E-state index contributed by atoms with van der Waals surface area (Å²) >= 11 is 1.48. The molecule has 1 aromatic rings. The molecule has 1 atom stereocenters. The number of benzene rings is 1. The predicted molar refractivity (Wildman–Crippen MR) is 86.8 cm³/mol. The van der Waals surface area contributed by atoms with E-state index in [0.29, 0.717) is 6.42 Å². The van der Waals surface area contributed by atoms with Crippen LogP contribution in [0, 0.1) is 5.92 Å². The number of carbonyl (C=O) groups excluding carboxylic acids is 2. The fraction of sp³-hybridized carbons (Fsp3) is 0.529. The molecule has 0 amide bonds. The summed E-state index contributed by atoms with van der Waals surface area (Å²) < 4.78 is 4.78. The summed E-state index contributed by atoms with van der Waals surface area (Å²) in [4.78, 5) is 24.8. The Kier molecular flexibility index (Phi) is 7.51. The maximum absolute atomic E-state index is 12.3. The lowest BCUT2D eigenvalue weighted by atomic mass is 9.93. The second-order valence-electron chi connectivity index (χ2n) is 4.94. The Labute approximate surface area is 131 Å². The third kappa shape index (κ3) is 4.88. The van der Waals surface area contributed by atoms with Crippen LogP contribution in [0.15, 0.2) is 29.2 Å². The van der Waals surface area contributed by atoms with Crippen molar-refractivity contribution in [2.45, 2.75) is 50.2 Å². The van der Waals surface area contributed by atoms with Gasteiger partial charge in [0.25, 0.3) is 0 Å². The van der Waals surface area contributed by atoms with Gasteiger partial charge in [0.15, 0.2) is 5.78 Å². The van der Waals surface area contributed by atoms with Gasteiger partial charge in [-0.05, 0) is 31.4 Å². The van der Waals surface area contributed by atoms with E-state index in [0.717, 1.165) is 23.3 Å². The van der Waals surface area contributed by atoms with Gasteiger partial charge in [0.2, 0.25) is 0 Å². The lowest BCUT2D eigenvalue weighted by molar-refractivity contribution is -0.140. The molecule has 1 unspecified atom stereocenters. The molecule has 3 nitrogen and oxygen atoms in total. The number of ether oxygens (including phenoxy) is 1. The van der Waals surface area contributed by atoms with Crippen LogP contribution >= 0.6 is 11.8 Å². The Morgan fingerprint density at radius 2 is 1.62 bits per heavy atom. The van der Waals surface area contributed by atoms with E-state index in [1.807, 2.05) is 45.0 Å². The van der Waals surface area contributed by atoms with Crippen molar-refractivity contribution in [3.8, 4) is 0 Å². The number of hydrogen-bond donors (Lipinski definition) is 0. The van der Waals surface area contributed by atoms with Crippen LogP contribution < -0.4 is 0 Å². The van der Waals surface area contributed by atoms with Crippen LogP contribution in [0.3, 0.4) is 0 Å². The van der Waals surface area contributed by atoms with Crippen LogP contribution in [0.2, 0.25) is 0 Å². The van der Waals surface area contributed by atoms with Crippen LogP contribution in [-0.2, 0) is 9.53 Å². The van der Waals surface area contributed by atoms with Gasteiger partial charge in [0.1, 0.15) is 5.25 Å². The van der Waals surface area contributed by atoms with Crippen molar-refractivity contribution in [3.63, 3.8) is 0 Å². The van der Waals surface area contributed by atoms with Crippen LogP contribution in [-0.4, -0.2) is 24.1 Å². The molecule has 0 spiro atoms. The fourth-order valence-corrected chi connectivity index (χ4v) is 3.17. The van der Waals surface area contributed by atoms with E-state index in [2.05, 4.69) is 0 Å². The molecule has 4 heteroatoms. The smallest absolute Gasteiger partial charge is 0.319 e. The first-order valence-corrected chi connectivity index (χ1v) is 8.33. The summed E-state index contributed by atoms with van der Waals surface area (Å²) in [6.45, 7) is 6.04. The van der Waals surface area contributed by atoms with Crippen LogP contribution in [0.5, 0.6) is 0 Å². The van der Waals surface area contributed by atoms with Gasteiger partial charge in [0, 0.05) is 16.4 Å². The van der Waals surface area contributed by atoms with E-state index in [1.165, 1.54) is 18.9 Å². The fourth-order valence-electron chi connectivity index (χ4n) is 2.19. The third-order valence-electron chi connectivity index (χ3n) is 3.61. The SMILES string of the molecule is CCC(CC)C(=O)c1ccc(SC(CC)C(=O)OC)cc1. The molecule has 0 radical (unpaired) electrons. The van der Waals surface area contributed by atoms with Crippen LogP contribution in [0.4, 0.5) is 0 Å². The van der Waals surface area contributed by atoms with E-state index in [1.54, 1.807) is 0 Å².